The molecule has 1 heterocycles. The van der Waals surface area contributed by atoms with Crippen molar-refractivity contribution in [3.05, 3.63) is 18.2 Å². The Hall–Kier alpha value is -2.05. The molecule has 0 aliphatic carbocycles. The van der Waals surface area contributed by atoms with Crippen molar-refractivity contribution in [1.82, 2.24) is 20.2 Å². The number of urea groups is 1. The second kappa shape index (κ2) is 7.31. The fourth-order valence-corrected chi connectivity index (χ4v) is 1.33. The zero-order valence-electron chi connectivity index (χ0n) is 10.3. The molecule has 0 radical (unpaired) electrons. The lowest BCUT2D eigenvalue weighted by Gasteiger charge is -2.07. The van der Waals surface area contributed by atoms with Gasteiger partial charge in [-0.05, 0) is 6.42 Å². The Morgan fingerprint density at radius 3 is 2.72 bits per heavy atom. The van der Waals surface area contributed by atoms with Gasteiger partial charge in [0.05, 0.1) is 6.33 Å². The van der Waals surface area contributed by atoms with Crippen LogP contribution in [0.3, 0.4) is 0 Å². The number of imidazole rings is 1. The fraction of sp³-hybridized carbons (Fsp3) is 0.545. The lowest BCUT2D eigenvalue weighted by atomic mass is 10.3. The van der Waals surface area contributed by atoms with Crippen LogP contribution in [-0.2, 0) is 6.54 Å². The van der Waals surface area contributed by atoms with Gasteiger partial charge >= 0.3 is 12.0 Å². The van der Waals surface area contributed by atoms with Gasteiger partial charge in [0.15, 0.2) is 5.69 Å². The third-order valence-corrected chi connectivity index (χ3v) is 2.32. The first-order valence-electron chi connectivity index (χ1n) is 5.90. The normalized spacial score (nSPS) is 10.1. The van der Waals surface area contributed by atoms with Gasteiger partial charge in [0.2, 0.25) is 0 Å². The summed E-state index contributed by atoms with van der Waals surface area (Å²) < 4.78 is 1.62. The minimum absolute atomic E-state index is 0.00222. The highest BCUT2D eigenvalue weighted by Gasteiger charge is 2.06. The lowest BCUT2D eigenvalue weighted by Crippen LogP contribution is -2.37. The van der Waals surface area contributed by atoms with Gasteiger partial charge < -0.3 is 20.3 Å². The number of nitrogens with one attached hydrogen (secondary N) is 2. The highest BCUT2D eigenvalue weighted by Crippen LogP contribution is 1.95. The Bertz CT molecular complexity index is 403. The minimum Gasteiger partial charge on any atom is -0.476 e. The van der Waals surface area contributed by atoms with Gasteiger partial charge in [0.25, 0.3) is 0 Å². The van der Waals surface area contributed by atoms with Crippen LogP contribution in [0.2, 0.25) is 0 Å². The number of unbranched alkanes of at least 4 members (excludes halogenated alkanes) is 1. The fourth-order valence-electron chi connectivity index (χ4n) is 1.33. The number of amides is 2. The SMILES string of the molecule is CCCCNC(=O)NCCn1cnc(C(=O)O)c1. The van der Waals surface area contributed by atoms with Crippen LogP contribution >= 0.6 is 0 Å². The van der Waals surface area contributed by atoms with Crippen LogP contribution in [0, 0.1) is 0 Å². The van der Waals surface area contributed by atoms with Crippen molar-refractivity contribution in [1.29, 1.82) is 0 Å². The molecule has 7 nitrogen and oxygen atoms in total. The van der Waals surface area contributed by atoms with Gasteiger partial charge in [-0.1, -0.05) is 13.3 Å². The summed E-state index contributed by atoms with van der Waals surface area (Å²) in [7, 11) is 0. The average molecular weight is 254 g/mol. The second-order valence-corrected chi connectivity index (χ2v) is 3.84. The van der Waals surface area contributed by atoms with Crippen LogP contribution in [0.15, 0.2) is 12.5 Å². The van der Waals surface area contributed by atoms with E-state index in [0.29, 0.717) is 19.6 Å². The summed E-state index contributed by atoms with van der Waals surface area (Å²) in [5.41, 5.74) is 0.00222. The quantitative estimate of drug-likeness (QED) is 0.623. The van der Waals surface area contributed by atoms with E-state index in [2.05, 4.69) is 22.5 Å². The molecule has 0 fully saturated rings. The summed E-state index contributed by atoms with van der Waals surface area (Å²) in [5.74, 6) is -1.06. The molecular weight excluding hydrogens is 236 g/mol. The maximum absolute atomic E-state index is 11.3. The molecule has 0 aliphatic rings. The molecule has 2 amide bonds. The molecule has 0 aromatic carbocycles. The number of nitrogens with zero attached hydrogens (tertiary/aromatic N) is 2. The van der Waals surface area contributed by atoms with Crippen molar-refractivity contribution < 1.29 is 14.7 Å². The molecule has 3 N–H and O–H groups in total. The van der Waals surface area contributed by atoms with Gasteiger partial charge in [-0.2, -0.15) is 0 Å². The third-order valence-electron chi connectivity index (χ3n) is 2.32. The topological polar surface area (TPSA) is 96.3 Å². The van der Waals surface area contributed by atoms with Crippen molar-refractivity contribution in [3.63, 3.8) is 0 Å². The molecular formula is C11H18N4O3. The lowest BCUT2D eigenvalue weighted by molar-refractivity contribution is 0.0691. The third kappa shape index (κ3) is 4.86. The van der Waals surface area contributed by atoms with E-state index in [1.807, 2.05) is 0 Å². The Kier molecular flexibility index (Phi) is 5.69. The first-order chi connectivity index (χ1) is 8.63. The van der Waals surface area contributed by atoms with Crippen LogP contribution in [0.1, 0.15) is 30.3 Å². The molecule has 1 aromatic rings. The molecule has 0 spiro atoms. The van der Waals surface area contributed by atoms with Gasteiger partial charge in [0, 0.05) is 25.8 Å². The Labute approximate surface area is 105 Å². The van der Waals surface area contributed by atoms with E-state index in [0.717, 1.165) is 12.8 Å². The molecule has 0 saturated carbocycles. The molecule has 0 bridgehead atoms. The number of carbonyl (C=O) groups excluding carboxylic acids is 1. The average Bonchev–Trinajstić information content (AvgIpc) is 2.78. The Morgan fingerprint density at radius 2 is 2.11 bits per heavy atom. The predicted molar refractivity (Wildman–Crippen MR) is 65.5 cm³/mol. The summed E-state index contributed by atoms with van der Waals surface area (Å²) in [6.45, 7) is 3.63. The van der Waals surface area contributed by atoms with Crippen LogP contribution < -0.4 is 10.6 Å². The van der Waals surface area contributed by atoms with Gasteiger partial charge in [0.1, 0.15) is 0 Å². The summed E-state index contributed by atoms with van der Waals surface area (Å²) in [6.07, 6.45) is 4.85. The zero-order valence-corrected chi connectivity index (χ0v) is 10.3. The molecule has 0 atom stereocenters. The molecule has 0 saturated heterocycles. The minimum atomic E-state index is -1.06. The molecule has 18 heavy (non-hydrogen) atoms. The largest absolute Gasteiger partial charge is 0.476 e. The van der Waals surface area contributed by atoms with Crippen molar-refractivity contribution in [2.24, 2.45) is 0 Å². The highest BCUT2D eigenvalue weighted by molar-refractivity contribution is 5.84. The Morgan fingerprint density at radius 1 is 1.39 bits per heavy atom. The van der Waals surface area contributed by atoms with E-state index in [4.69, 9.17) is 5.11 Å². The van der Waals surface area contributed by atoms with Crippen LogP contribution in [0.25, 0.3) is 0 Å². The number of carboxylic acids is 1. The first kappa shape index (κ1) is 14.0. The molecule has 100 valence electrons. The van der Waals surface area contributed by atoms with Crippen LogP contribution in [0.4, 0.5) is 4.79 Å². The highest BCUT2D eigenvalue weighted by atomic mass is 16.4. The van der Waals surface area contributed by atoms with Crippen molar-refractivity contribution >= 4 is 12.0 Å². The summed E-state index contributed by atoms with van der Waals surface area (Å²) >= 11 is 0. The molecule has 7 heteroatoms. The number of hydrogen-bond donors (Lipinski definition) is 3. The molecule has 0 aliphatic heterocycles. The van der Waals surface area contributed by atoms with E-state index in [1.54, 1.807) is 4.57 Å². The van der Waals surface area contributed by atoms with Gasteiger partial charge in [-0.15, -0.1) is 0 Å². The molecule has 1 rings (SSSR count). The number of hydrogen-bond acceptors (Lipinski definition) is 3. The van der Waals surface area contributed by atoms with E-state index in [-0.39, 0.29) is 11.7 Å². The number of carboxylic acid groups (broad SMARTS) is 1. The van der Waals surface area contributed by atoms with Gasteiger partial charge in [-0.3, -0.25) is 0 Å². The van der Waals surface area contributed by atoms with E-state index in [1.165, 1.54) is 12.5 Å². The summed E-state index contributed by atoms with van der Waals surface area (Å²) in [5, 5.41) is 14.1. The smallest absolute Gasteiger partial charge is 0.356 e. The first-order valence-corrected chi connectivity index (χ1v) is 5.90. The maximum atomic E-state index is 11.3. The zero-order chi connectivity index (χ0) is 13.4. The number of aromatic carboxylic acids is 1. The number of carbonyl (C=O) groups is 2. The number of aromatic nitrogens is 2. The van der Waals surface area contributed by atoms with Crippen molar-refractivity contribution in [2.75, 3.05) is 13.1 Å². The van der Waals surface area contributed by atoms with Crippen LogP contribution in [0.5, 0.6) is 0 Å². The number of rotatable bonds is 7. The molecule has 1 aromatic heterocycles. The summed E-state index contributed by atoms with van der Waals surface area (Å²) in [6, 6.07) is -0.206. The van der Waals surface area contributed by atoms with Crippen molar-refractivity contribution in [3.8, 4) is 0 Å². The van der Waals surface area contributed by atoms with E-state index < -0.39 is 5.97 Å². The van der Waals surface area contributed by atoms with E-state index in [9.17, 15) is 9.59 Å². The summed E-state index contributed by atoms with van der Waals surface area (Å²) in [4.78, 5) is 25.6. The van der Waals surface area contributed by atoms with Gasteiger partial charge in [-0.25, -0.2) is 14.6 Å². The standard InChI is InChI=1S/C11H18N4O3/c1-2-3-4-12-11(18)13-5-6-15-7-9(10(16)17)14-8-15/h7-8H,2-6H2,1H3,(H,16,17)(H2,12,13,18). The van der Waals surface area contributed by atoms with Crippen LogP contribution in [-0.4, -0.2) is 39.7 Å². The monoisotopic (exact) mass is 254 g/mol. The predicted octanol–water partition coefficient (Wildman–Crippen LogP) is 0.681. The Balaban J connectivity index is 2.20. The molecule has 0 unspecified atom stereocenters. The maximum Gasteiger partial charge on any atom is 0.356 e. The van der Waals surface area contributed by atoms with E-state index >= 15 is 0 Å². The van der Waals surface area contributed by atoms with Crippen molar-refractivity contribution in [2.45, 2.75) is 26.3 Å². The second-order valence-electron chi connectivity index (χ2n) is 3.84.